The molecule has 4 aromatic carbocycles. The van der Waals surface area contributed by atoms with Gasteiger partial charge in [-0.15, -0.1) is 0 Å². The molecule has 0 aromatic heterocycles. The third-order valence-corrected chi connectivity index (χ3v) is 6.27. The van der Waals surface area contributed by atoms with Gasteiger partial charge >= 0.3 is 0 Å². The summed E-state index contributed by atoms with van der Waals surface area (Å²) in [5, 5.41) is 5.55. The monoisotopic (exact) mass is 440 g/mol. The Morgan fingerprint density at radius 2 is 1.56 bits per heavy atom. The fourth-order valence-electron chi connectivity index (χ4n) is 3.57. The zero-order chi connectivity index (χ0) is 22.1. The van der Waals surface area contributed by atoms with Crippen molar-refractivity contribution < 1.29 is 14.0 Å². The second kappa shape index (κ2) is 8.32. The molecule has 0 bridgehead atoms. The van der Waals surface area contributed by atoms with E-state index in [4.69, 9.17) is 0 Å². The van der Waals surface area contributed by atoms with Crippen LogP contribution in [0.4, 0.5) is 15.8 Å². The topological polar surface area (TPSA) is 58.2 Å². The van der Waals surface area contributed by atoms with Crippen LogP contribution in [0.3, 0.4) is 0 Å². The summed E-state index contributed by atoms with van der Waals surface area (Å²) in [4.78, 5) is 26.7. The molecule has 2 amide bonds. The Labute approximate surface area is 188 Å². The van der Waals surface area contributed by atoms with E-state index in [1.807, 2.05) is 60.7 Å². The highest BCUT2D eigenvalue weighted by Crippen LogP contribution is 2.40. The number of benzene rings is 4. The summed E-state index contributed by atoms with van der Waals surface area (Å²) in [6.45, 7) is 0. The number of anilines is 2. The summed E-state index contributed by atoms with van der Waals surface area (Å²) in [6.07, 6.45) is 0. The van der Waals surface area contributed by atoms with Crippen LogP contribution in [0, 0.1) is 5.82 Å². The molecule has 0 spiro atoms. The van der Waals surface area contributed by atoms with E-state index in [2.05, 4.69) is 10.6 Å². The smallest absolute Gasteiger partial charge is 0.258 e. The van der Waals surface area contributed by atoms with Gasteiger partial charge in [-0.3, -0.25) is 9.59 Å². The highest BCUT2D eigenvalue weighted by atomic mass is 32.2. The number of rotatable bonds is 3. The lowest BCUT2D eigenvalue weighted by Crippen LogP contribution is -2.16. The quantitative estimate of drug-likeness (QED) is 0.384. The number of hydrogen-bond donors (Lipinski definition) is 2. The Balaban J connectivity index is 1.43. The lowest BCUT2D eigenvalue weighted by molar-refractivity contribution is 0.101. The van der Waals surface area contributed by atoms with Crippen molar-refractivity contribution >= 4 is 35.0 Å². The number of fused-ring (bicyclic) bond motifs is 2. The summed E-state index contributed by atoms with van der Waals surface area (Å²) in [7, 11) is 0. The molecule has 0 aliphatic carbocycles. The number of halogens is 1. The Morgan fingerprint density at radius 3 is 2.41 bits per heavy atom. The second-order valence-corrected chi connectivity index (χ2v) is 8.37. The molecule has 32 heavy (non-hydrogen) atoms. The van der Waals surface area contributed by atoms with Crippen LogP contribution in [0.5, 0.6) is 0 Å². The first-order valence-corrected chi connectivity index (χ1v) is 10.8. The molecule has 1 aliphatic heterocycles. The predicted molar refractivity (Wildman–Crippen MR) is 125 cm³/mol. The van der Waals surface area contributed by atoms with Crippen LogP contribution in [-0.4, -0.2) is 11.8 Å². The first-order chi connectivity index (χ1) is 15.6. The largest absolute Gasteiger partial charge is 0.322 e. The Bertz CT molecular complexity index is 1360. The Morgan fingerprint density at radius 1 is 0.812 bits per heavy atom. The molecule has 4 nitrogen and oxygen atoms in total. The maximum atomic E-state index is 14.9. The number of nitrogens with one attached hydrogen (secondary N) is 2. The highest BCUT2D eigenvalue weighted by Gasteiger charge is 2.23. The van der Waals surface area contributed by atoms with E-state index in [0.717, 1.165) is 16.0 Å². The van der Waals surface area contributed by atoms with Gasteiger partial charge in [0.05, 0.1) is 16.8 Å². The van der Waals surface area contributed by atoms with Crippen molar-refractivity contribution in [1.82, 2.24) is 0 Å². The molecule has 0 saturated heterocycles. The molecule has 0 fully saturated rings. The lowest BCUT2D eigenvalue weighted by atomic mass is 10.1. The van der Waals surface area contributed by atoms with E-state index >= 15 is 0 Å². The molecule has 4 aromatic rings. The molecule has 1 aliphatic rings. The second-order valence-electron chi connectivity index (χ2n) is 7.28. The fourth-order valence-corrected chi connectivity index (χ4v) is 4.60. The van der Waals surface area contributed by atoms with E-state index in [0.29, 0.717) is 21.8 Å². The molecule has 0 atom stereocenters. The maximum absolute atomic E-state index is 14.9. The molecule has 156 valence electrons. The molecule has 2 N–H and O–H groups in total. The van der Waals surface area contributed by atoms with E-state index < -0.39 is 11.7 Å². The molecule has 6 heteroatoms. The standard InChI is InChI=1S/C26H17FN2O2S/c27-21-15-24-22(29-25(30)19-11-4-5-12-23(19)32-24)14-20(21)26(31)28-18-10-6-9-17(13-18)16-7-2-1-3-8-16/h1-15H,(H,28,31)(H,29,30). The predicted octanol–water partition coefficient (Wildman–Crippen LogP) is 6.46. The number of hydrogen-bond acceptors (Lipinski definition) is 3. The Kier molecular flexibility index (Phi) is 5.21. The van der Waals surface area contributed by atoms with E-state index in [1.165, 1.54) is 23.9 Å². The summed E-state index contributed by atoms with van der Waals surface area (Å²) in [6, 6.07) is 26.9. The minimum absolute atomic E-state index is 0.138. The molecule has 0 saturated carbocycles. The molecule has 0 radical (unpaired) electrons. The third-order valence-electron chi connectivity index (χ3n) is 5.14. The van der Waals surface area contributed by atoms with Crippen LogP contribution in [0.25, 0.3) is 11.1 Å². The van der Waals surface area contributed by atoms with Crippen LogP contribution in [-0.2, 0) is 0 Å². The van der Waals surface area contributed by atoms with Gasteiger partial charge in [0.25, 0.3) is 11.8 Å². The van der Waals surface area contributed by atoms with Gasteiger partial charge in [-0.1, -0.05) is 66.4 Å². The molecular formula is C26H17FN2O2S. The maximum Gasteiger partial charge on any atom is 0.258 e. The minimum Gasteiger partial charge on any atom is -0.322 e. The summed E-state index contributed by atoms with van der Waals surface area (Å²) >= 11 is 1.29. The first kappa shape index (κ1) is 20.0. The van der Waals surface area contributed by atoms with Gasteiger partial charge in [-0.05, 0) is 47.5 Å². The fraction of sp³-hybridized carbons (Fsp3) is 0. The van der Waals surface area contributed by atoms with Crippen molar-refractivity contribution in [2.24, 2.45) is 0 Å². The van der Waals surface area contributed by atoms with Crippen LogP contribution in [0.2, 0.25) is 0 Å². The average molecular weight is 440 g/mol. The van der Waals surface area contributed by atoms with Gasteiger partial charge in [0, 0.05) is 15.5 Å². The third kappa shape index (κ3) is 3.88. The van der Waals surface area contributed by atoms with Crippen molar-refractivity contribution in [2.45, 2.75) is 9.79 Å². The van der Waals surface area contributed by atoms with Crippen molar-refractivity contribution in [3.8, 4) is 11.1 Å². The Hall–Kier alpha value is -3.90. The van der Waals surface area contributed by atoms with Crippen LogP contribution in [0.15, 0.2) is 101 Å². The van der Waals surface area contributed by atoms with Crippen LogP contribution >= 0.6 is 11.8 Å². The van der Waals surface area contributed by atoms with Gasteiger partial charge in [-0.2, -0.15) is 0 Å². The minimum atomic E-state index is -0.651. The molecule has 5 rings (SSSR count). The highest BCUT2D eigenvalue weighted by molar-refractivity contribution is 7.99. The van der Waals surface area contributed by atoms with Crippen molar-refractivity contribution in [3.63, 3.8) is 0 Å². The van der Waals surface area contributed by atoms with Crippen molar-refractivity contribution in [2.75, 3.05) is 10.6 Å². The summed E-state index contributed by atoms with van der Waals surface area (Å²) in [5.41, 5.74) is 3.28. The SMILES string of the molecule is O=C(Nc1cccc(-c2ccccc2)c1)c1cc2c(cc1F)Sc1ccccc1C(=O)N2. The van der Waals surface area contributed by atoms with Gasteiger partial charge in [-0.25, -0.2) is 4.39 Å². The van der Waals surface area contributed by atoms with E-state index in [-0.39, 0.29) is 11.5 Å². The number of carbonyl (C=O) groups is 2. The number of amides is 2. The molecule has 0 unspecified atom stereocenters. The van der Waals surface area contributed by atoms with Crippen molar-refractivity contribution in [3.05, 3.63) is 108 Å². The van der Waals surface area contributed by atoms with Gasteiger partial charge in [0.1, 0.15) is 5.82 Å². The zero-order valence-corrected chi connectivity index (χ0v) is 17.6. The summed E-state index contributed by atoms with van der Waals surface area (Å²) in [5.74, 6) is -1.53. The molecule has 1 heterocycles. The van der Waals surface area contributed by atoms with Crippen LogP contribution in [0.1, 0.15) is 20.7 Å². The molecular weight excluding hydrogens is 423 g/mol. The van der Waals surface area contributed by atoms with E-state index in [9.17, 15) is 14.0 Å². The average Bonchev–Trinajstić information content (AvgIpc) is 2.95. The number of carbonyl (C=O) groups excluding carboxylic acids is 2. The summed E-state index contributed by atoms with van der Waals surface area (Å²) < 4.78 is 14.9. The first-order valence-electron chi connectivity index (χ1n) is 9.97. The van der Waals surface area contributed by atoms with Gasteiger partial charge in [0.15, 0.2) is 0 Å². The lowest BCUT2D eigenvalue weighted by Gasteiger charge is -2.12. The van der Waals surface area contributed by atoms with Gasteiger partial charge < -0.3 is 10.6 Å². The normalized spacial score (nSPS) is 12.2. The van der Waals surface area contributed by atoms with Crippen molar-refractivity contribution in [1.29, 1.82) is 0 Å². The van der Waals surface area contributed by atoms with E-state index in [1.54, 1.807) is 18.2 Å². The van der Waals surface area contributed by atoms with Crippen LogP contribution < -0.4 is 10.6 Å². The zero-order valence-electron chi connectivity index (χ0n) is 16.8. The van der Waals surface area contributed by atoms with Gasteiger partial charge in [0.2, 0.25) is 0 Å².